The molecule has 2 aromatic rings. The first-order valence-corrected chi connectivity index (χ1v) is 10.8. The van der Waals surface area contributed by atoms with Gasteiger partial charge in [0.15, 0.2) is 0 Å². The molecule has 3 rings (SSSR count). The molecule has 4 heteroatoms. The number of carbonyl (C=O) groups excluding carboxylic acids is 1. The van der Waals surface area contributed by atoms with Gasteiger partial charge in [-0.2, -0.15) is 0 Å². The zero-order chi connectivity index (χ0) is 20.7. The number of piperazine rings is 1. The molecule has 0 aliphatic carbocycles. The van der Waals surface area contributed by atoms with Crippen LogP contribution in [0.15, 0.2) is 60.7 Å². The highest BCUT2D eigenvalue weighted by Gasteiger charge is 2.27. The zero-order valence-electron chi connectivity index (χ0n) is 18.1. The Kier molecular flexibility index (Phi) is 7.45. The summed E-state index contributed by atoms with van der Waals surface area (Å²) in [4.78, 5) is 17.8. The molecule has 156 valence electrons. The summed E-state index contributed by atoms with van der Waals surface area (Å²) in [6, 6.07) is 21.1. The molecule has 0 spiro atoms. The van der Waals surface area contributed by atoms with Crippen molar-refractivity contribution in [3.8, 4) is 0 Å². The minimum absolute atomic E-state index is 0.118. The van der Waals surface area contributed by atoms with Crippen molar-refractivity contribution in [1.29, 1.82) is 0 Å². The van der Waals surface area contributed by atoms with Crippen molar-refractivity contribution in [3.05, 3.63) is 71.8 Å². The van der Waals surface area contributed by atoms with Crippen LogP contribution in [0.2, 0.25) is 0 Å². The monoisotopic (exact) mass is 393 g/mol. The van der Waals surface area contributed by atoms with Crippen LogP contribution in [0.5, 0.6) is 0 Å². The summed E-state index contributed by atoms with van der Waals surface area (Å²) >= 11 is 0. The summed E-state index contributed by atoms with van der Waals surface area (Å²) in [7, 11) is 0. The van der Waals surface area contributed by atoms with E-state index in [0.29, 0.717) is 13.0 Å². The predicted octanol–water partition coefficient (Wildman–Crippen LogP) is 3.85. The van der Waals surface area contributed by atoms with Crippen LogP contribution in [0, 0.1) is 0 Å². The lowest BCUT2D eigenvalue weighted by atomic mass is 9.81. The van der Waals surface area contributed by atoms with Crippen molar-refractivity contribution in [2.75, 3.05) is 39.3 Å². The average Bonchev–Trinajstić information content (AvgIpc) is 2.75. The summed E-state index contributed by atoms with van der Waals surface area (Å²) in [5.41, 5.74) is 2.30. The smallest absolute Gasteiger partial charge is 0.220 e. The molecule has 0 saturated carbocycles. The third kappa shape index (κ3) is 5.91. The first-order chi connectivity index (χ1) is 14.0. The van der Waals surface area contributed by atoms with Crippen LogP contribution >= 0.6 is 0 Å². The van der Waals surface area contributed by atoms with Crippen molar-refractivity contribution >= 4 is 5.91 Å². The Labute approximate surface area is 175 Å². The van der Waals surface area contributed by atoms with Gasteiger partial charge in [0, 0.05) is 39.1 Å². The van der Waals surface area contributed by atoms with Crippen LogP contribution in [-0.2, 0) is 10.2 Å². The lowest BCUT2D eigenvalue weighted by molar-refractivity contribution is -0.122. The highest BCUT2D eigenvalue weighted by atomic mass is 16.1. The number of amides is 1. The van der Waals surface area contributed by atoms with E-state index >= 15 is 0 Å². The third-order valence-corrected chi connectivity index (χ3v) is 6.13. The van der Waals surface area contributed by atoms with Crippen molar-refractivity contribution in [2.24, 2.45) is 0 Å². The summed E-state index contributed by atoms with van der Waals surface area (Å²) in [5.74, 6) is 0.118. The molecule has 1 aliphatic rings. The normalized spacial score (nSPS) is 17.1. The van der Waals surface area contributed by atoms with Gasteiger partial charge in [0.2, 0.25) is 5.91 Å². The van der Waals surface area contributed by atoms with Gasteiger partial charge in [-0.3, -0.25) is 9.69 Å². The molecule has 1 unspecified atom stereocenters. The Hall–Kier alpha value is -2.17. The van der Waals surface area contributed by atoms with Gasteiger partial charge in [0.1, 0.15) is 0 Å². The molecule has 1 fully saturated rings. The van der Waals surface area contributed by atoms with Gasteiger partial charge in [-0.25, -0.2) is 0 Å². The summed E-state index contributed by atoms with van der Waals surface area (Å²) < 4.78 is 0. The van der Waals surface area contributed by atoms with Crippen LogP contribution < -0.4 is 5.32 Å². The molecular formula is C25H35N3O. The van der Waals surface area contributed by atoms with E-state index in [1.165, 1.54) is 11.1 Å². The first kappa shape index (κ1) is 21.5. The Morgan fingerprint density at radius 3 is 2.14 bits per heavy atom. The van der Waals surface area contributed by atoms with Crippen LogP contribution in [0.25, 0.3) is 0 Å². The van der Waals surface area contributed by atoms with Crippen LogP contribution in [-0.4, -0.2) is 55.0 Å². The van der Waals surface area contributed by atoms with E-state index in [1.54, 1.807) is 0 Å². The van der Waals surface area contributed by atoms with E-state index in [2.05, 4.69) is 78.4 Å². The lowest BCUT2D eigenvalue weighted by Gasteiger charge is -2.39. The van der Waals surface area contributed by atoms with Gasteiger partial charge in [-0.15, -0.1) is 0 Å². The van der Waals surface area contributed by atoms with E-state index in [0.717, 1.165) is 32.7 Å². The topological polar surface area (TPSA) is 35.6 Å². The van der Waals surface area contributed by atoms with Gasteiger partial charge < -0.3 is 10.2 Å². The van der Waals surface area contributed by atoms with Crippen molar-refractivity contribution in [1.82, 2.24) is 15.1 Å². The molecule has 1 amide bonds. The molecule has 4 nitrogen and oxygen atoms in total. The van der Waals surface area contributed by atoms with Gasteiger partial charge in [-0.1, -0.05) is 81.4 Å². The predicted molar refractivity (Wildman–Crippen MR) is 120 cm³/mol. The van der Waals surface area contributed by atoms with Crippen LogP contribution in [0.4, 0.5) is 0 Å². The van der Waals surface area contributed by atoms with E-state index in [1.807, 2.05) is 18.2 Å². The van der Waals surface area contributed by atoms with Crippen LogP contribution in [0.1, 0.15) is 44.4 Å². The molecule has 29 heavy (non-hydrogen) atoms. The van der Waals surface area contributed by atoms with Crippen LogP contribution in [0.3, 0.4) is 0 Å². The molecule has 0 radical (unpaired) electrons. The molecule has 0 aromatic heterocycles. The Morgan fingerprint density at radius 1 is 0.966 bits per heavy atom. The van der Waals surface area contributed by atoms with E-state index in [4.69, 9.17) is 0 Å². The summed E-state index contributed by atoms with van der Waals surface area (Å²) in [5, 5.41) is 3.24. The standard InChI is InChI=1S/C25H35N3O/c1-4-27-15-17-28(18-16-27)23(21-11-7-5-8-12-21)20-26-24(29)19-25(2,3)22-13-9-6-10-14-22/h5-14,23H,4,15-20H2,1-3H3,(H,26,29). The molecule has 2 aromatic carbocycles. The lowest BCUT2D eigenvalue weighted by Crippen LogP contribution is -2.49. The number of rotatable bonds is 8. The molecule has 1 N–H and O–H groups in total. The molecule has 1 atom stereocenters. The zero-order valence-corrected chi connectivity index (χ0v) is 18.1. The minimum Gasteiger partial charge on any atom is -0.354 e. The number of nitrogens with one attached hydrogen (secondary N) is 1. The van der Waals surface area contributed by atoms with E-state index in [9.17, 15) is 4.79 Å². The van der Waals surface area contributed by atoms with Crippen molar-refractivity contribution in [2.45, 2.75) is 38.6 Å². The fraction of sp³-hybridized carbons (Fsp3) is 0.480. The van der Waals surface area contributed by atoms with Gasteiger partial charge in [0.05, 0.1) is 6.04 Å². The van der Waals surface area contributed by atoms with Gasteiger partial charge in [0.25, 0.3) is 0 Å². The maximum absolute atomic E-state index is 12.8. The minimum atomic E-state index is -0.180. The van der Waals surface area contributed by atoms with E-state index in [-0.39, 0.29) is 17.4 Å². The quantitative estimate of drug-likeness (QED) is 0.740. The van der Waals surface area contributed by atoms with Crippen molar-refractivity contribution < 1.29 is 4.79 Å². The van der Waals surface area contributed by atoms with Crippen molar-refractivity contribution in [3.63, 3.8) is 0 Å². The number of nitrogens with zero attached hydrogens (tertiary/aromatic N) is 2. The third-order valence-electron chi connectivity index (χ3n) is 6.13. The first-order valence-electron chi connectivity index (χ1n) is 10.8. The fourth-order valence-corrected chi connectivity index (χ4v) is 4.19. The number of benzene rings is 2. The maximum Gasteiger partial charge on any atom is 0.220 e. The Bertz CT molecular complexity index is 752. The van der Waals surface area contributed by atoms with Gasteiger partial charge >= 0.3 is 0 Å². The largest absolute Gasteiger partial charge is 0.354 e. The Balaban J connectivity index is 1.63. The van der Waals surface area contributed by atoms with Gasteiger partial charge in [-0.05, 0) is 23.1 Å². The highest BCUT2D eigenvalue weighted by molar-refractivity contribution is 5.77. The number of hydrogen-bond donors (Lipinski definition) is 1. The second kappa shape index (κ2) is 10.0. The summed E-state index contributed by atoms with van der Waals surface area (Å²) in [6.45, 7) is 12.5. The second-order valence-corrected chi connectivity index (χ2v) is 8.63. The average molecular weight is 394 g/mol. The summed E-state index contributed by atoms with van der Waals surface area (Å²) in [6.07, 6.45) is 0.488. The fourth-order valence-electron chi connectivity index (χ4n) is 4.19. The highest BCUT2D eigenvalue weighted by Crippen LogP contribution is 2.27. The number of hydrogen-bond acceptors (Lipinski definition) is 3. The SMILES string of the molecule is CCN1CCN(C(CNC(=O)CC(C)(C)c2ccccc2)c2ccccc2)CC1. The number of carbonyl (C=O) groups is 1. The molecule has 1 saturated heterocycles. The molecular weight excluding hydrogens is 358 g/mol. The molecule has 1 heterocycles. The maximum atomic E-state index is 12.8. The van der Waals surface area contributed by atoms with E-state index < -0.39 is 0 Å². The number of likely N-dealkylation sites (N-methyl/N-ethyl adjacent to an activating group) is 1. The molecule has 0 bridgehead atoms. The second-order valence-electron chi connectivity index (χ2n) is 8.63. The Morgan fingerprint density at radius 2 is 1.55 bits per heavy atom. The molecule has 1 aliphatic heterocycles.